The minimum atomic E-state index is -4.52. The fraction of sp³-hybridized carbons (Fsp3) is 0.0833. The van der Waals surface area contributed by atoms with Gasteiger partial charge in [-0.05, 0) is 6.07 Å². The first kappa shape index (κ1) is 13.6. The molecule has 0 aliphatic rings. The quantitative estimate of drug-likeness (QED) is 0.511. The van der Waals surface area contributed by atoms with Gasteiger partial charge < -0.3 is 9.62 Å². The van der Waals surface area contributed by atoms with E-state index in [0.717, 1.165) is 12.3 Å². The van der Waals surface area contributed by atoms with Crippen molar-refractivity contribution < 1.29 is 22.3 Å². The molecule has 0 fully saturated rings. The first-order valence-electron chi connectivity index (χ1n) is 5.57. The van der Waals surface area contributed by atoms with Gasteiger partial charge in [0.2, 0.25) is 11.6 Å². The summed E-state index contributed by atoms with van der Waals surface area (Å²) in [6, 6.07) is 2.19. The predicted octanol–water partition coefficient (Wildman–Crippen LogP) is 3.20. The topological polar surface area (TPSA) is 65.9 Å². The normalized spacial score (nSPS) is 12.0. The highest BCUT2D eigenvalue weighted by atomic mass is 35.5. The van der Waals surface area contributed by atoms with E-state index in [1.165, 1.54) is 12.3 Å². The van der Waals surface area contributed by atoms with Gasteiger partial charge in [0.05, 0.1) is 11.1 Å². The van der Waals surface area contributed by atoms with Crippen molar-refractivity contribution in [2.75, 3.05) is 0 Å². The molecule has 108 valence electrons. The number of hydrogen-bond donors (Lipinski definition) is 0. The number of alkyl halides is 3. The molecule has 0 amide bonds. The summed E-state index contributed by atoms with van der Waals surface area (Å²) in [5, 5.41) is 11.1. The van der Waals surface area contributed by atoms with Crippen LogP contribution in [0.3, 0.4) is 0 Å². The Morgan fingerprint density at radius 1 is 1.33 bits per heavy atom. The number of rotatable bonds is 1. The van der Waals surface area contributed by atoms with E-state index in [4.69, 9.17) is 16.0 Å². The van der Waals surface area contributed by atoms with Gasteiger partial charge in [-0.3, -0.25) is 0 Å². The molecule has 0 radical (unpaired) electrons. The molecule has 3 heterocycles. The molecule has 0 bridgehead atoms. The van der Waals surface area contributed by atoms with Crippen LogP contribution in [0.15, 0.2) is 35.1 Å². The second-order valence-electron chi connectivity index (χ2n) is 4.13. The minimum absolute atomic E-state index is 0.0116. The van der Waals surface area contributed by atoms with E-state index in [2.05, 4.69) is 9.97 Å². The summed E-state index contributed by atoms with van der Waals surface area (Å²) in [5.74, 6) is -0.0116. The van der Waals surface area contributed by atoms with Gasteiger partial charge in [0.15, 0.2) is 12.4 Å². The van der Waals surface area contributed by atoms with Crippen molar-refractivity contribution in [1.29, 1.82) is 0 Å². The van der Waals surface area contributed by atoms with Crippen LogP contribution < -0.4 is 4.73 Å². The molecule has 5 nitrogen and oxygen atoms in total. The number of fused-ring (bicyclic) bond motifs is 1. The largest absolute Gasteiger partial charge is 0.619 e. The SMILES string of the molecule is [O-][n+]1ccc(-c2nc3cc(C(F)(F)F)cnc3o2)c(Cl)c1. The van der Waals surface area contributed by atoms with Gasteiger partial charge in [-0.1, -0.05) is 11.6 Å². The second-order valence-corrected chi connectivity index (χ2v) is 4.54. The van der Waals surface area contributed by atoms with Crippen LogP contribution in [0.5, 0.6) is 0 Å². The Kier molecular flexibility index (Phi) is 2.98. The highest BCUT2D eigenvalue weighted by Crippen LogP contribution is 2.32. The number of hydrogen-bond acceptors (Lipinski definition) is 4. The molecular weight excluding hydrogens is 311 g/mol. The second kappa shape index (κ2) is 4.59. The van der Waals surface area contributed by atoms with Crippen LogP contribution in [0.25, 0.3) is 22.7 Å². The highest BCUT2D eigenvalue weighted by Gasteiger charge is 2.31. The Hall–Kier alpha value is -2.35. The van der Waals surface area contributed by atoms with Crippen molar-refractivity contribution in [3.05, 3.63) is 46.5 Å². The van der Waals surface area contributed by atoms with E-state index in [1.54, 1.807) is 0 Å². The summed E-state index contributed by atoms with van der Waals surface area (Å²) in [4.78, 5) is 7.50. The molecular formula is C12H5ClF3N3O2. The van der Waals surface area contributed by atoms with Gasteiger partial charge in [0, 0.05) is 12.3 Å². The molecule has 0 aliphatic carbocycles. The molecule has 0 aromatic carbocycles. The van der Waals surface area contributed by atoms with E-state index in [-0.39, 0.29) is 27.7 Å². The Morgan fingerprint density at radius 2 is 2.10 bits per heavy atom. The number of pyridine rings is 2. The molecule has 3 rings (SSSR count). The van der Waals surface area contributed by atoms with Crippen molar-refractivity contribution in [2.45, 2.75) is 6.18 Å². The van der Waals surface area contributed by atoms with E-state index < -0.39 is 11.7 Å². The number of aromatic nitrogens is 3. The van der Waals surface area contributed by atoms with Crippen molar-refractivity contribution >= 4 is 22.8 Å². The maximum atomic E-state index is 12.6. The smallest absolute Gasteiger partial charge is 0.417 e. The molecule has 0 spiro atoms. The Balaban J connectivity index is 2.13. The van der Waals surface area contributed by atoms with Crippen LogP contribution in [0.1, 0.15) is 5.56 Å². The first-order valence-corrected chi connectivity index (χ1v) is 5.95. The zero-order valence-corrected chi connectivity index (χ0v) is 10.8. The number of oxazole rings is 1. The first-order chi connectivity index (χ1) is 9.84. The van der Waals surface area contributed by atoms with Gasteiger partial charge in [0.1, 0.15) is 10.5 Å². The van der Waals surface area contributed by atoms with Gasteiger partial charge in [-0.2, -0.15) is 17.9 Å². The van der Waals surface area contributed by atoms with Crippen LogP contribution in [-0.2, 0) is 6.18 Å². The number of halogens is 4. The van der Waals surface area contributed by atoms with E-state index in [0.29, 0.717) is 10.9 Å². The van der Waals surface area contributed by atoms with E-state index in [9.17, 15) is 18.4 Å². The molecule has 0 aliphatic heterocycles. The zero-order valence-electron chi connectivity index (χ0n) is 10.1. The fourth-order valence-corrected chi connectivity index (χ4v) is 1.96. The Labute approximate surface area is 120 Å². The summed E-state index contributed by atoms with van der Waals surface area (Å²) in [6.45, 7) is 0. The van der Waals surface area contributed by atoms with Crippen LogP contribution in [0, 0.1) is 5.21 Å². The van der Waals surface area contributed by atoms with Crippen molar-refractivity contribution in [3.63, 3.8) is 0 Å². The molecule has 21 heavy (non-hydrogen) atoms. The van der Waals surface area contributed by atoms with Crippen molar-refractivity contribution in [2.24, 2.45) is 0 Å². The van der Waals surface area contributed by atoms with Crippen molar-refractivity contribution in [3.8, 4) is 11.5 Å². The third kappa shape index (κ3) is 2.49. The lowest BCUT2D eigenvalue weighted by molar-refractivity contribution is -0.605. The lowest BCUT2D eigenvalue weighted by Crippen LogP contribution is -2.24. The average Bonchev–Trinajstić information content (AvgIpc) is 2.79. The summed E-state index contributed by atoms with van der Waals surface area (Å²) >= 11 is 5.87. The molecule has 3 aromatic heterocycles. The zero-order chi connectivity index (χ0) is 15.2. The molecule has 3 aromatic rings. The maximum Gasteiger partial charge on any atom is 0.417 e. The molecule has 0 saturated heterocycles. The van der Waals surface area contributed by atoms with Gasteiger partial charge in [0.25, 0.3) is 0 Å². The molecule has 0 atom stereocenters. The molecule has 0 unspecified atom stereocenters. The monoisotopic (exact) mass is 315 g/mol. The van der Waals surface area contributed by atoms with Gasteiger partial charge >= 0.3 is 6.18 Å². The summed E-state index contributed by atoms with van der Waals surface area (Å²) in [5.41, 5.74) is -0.732. The third-order valence-electron chi connectivity index (χ3n) is 2.69. The van der Waals surface area contributed by atoms with Crippen LogP contribution in [-0.4, -0.2) is 9.97 Å². The molecule has 9 heteroatoms. The standard InChI is InChI=1S/C12H5ClF3N3O2/c13-8-5-19(20)2-1-7(8)10-18-9-3-6(12(14,15)16)4-17-11(9)21-10/h1-5H. The van der Waals surface area contributed by atoms with Crippen molar-refractivity contribution in [1.82, 2.24) is 9.97 Å². The Morgan fingerprint density at radius 3 is 2.76 bits per heavy atom. The average molecular weight is 316 g/mol. The fourth-order valence-electron chi connectivity index (χ4n) is 1.72. The number of nitrogens with zero attached hydrogens (tertiary/aromatic N) is 3. The summed E-state index contributed by atoms with van der Waals surface area (Å²) < 4.78 is 43.5. The van der Waals surface area contributed by atoms with E-state index in [1.807, 2.05) is 0 Å². The lowest BCUT2D eigenvalue weighted by Gasteiger charge is -2.03. The lowest BCUT2D eigenvalue weighted by atomic mass is 10.2. The third-order valence-corrected chi connectivity index (χ3v) is 2.99. The van der Waals surface area contributed by atoms with Gasteiger partial charge in [-0.25, -0.2) is 9.97 Å². The maximum absolute atomic E-state index is 12.6. The summed E-state index contributed by atoms with van der Waals surface area (Å²) in [7, 11) is 0. The summed E-state index contributed by atoms with van der Waals surface area (Å²) in [6.07, 6.45) is -1.60. The van der Waals surface area contributed by atoms with Gasteiger partial charge in [-0.15, -0.1) is 0 Å². The van der Waals surface area contributed by atoms with Crippen LogP contribution in [0.4, 0.5) is 13.2 Å². The minimum Gasteiger partial charge on any atom is -0.619 e. The highest BCUT2D eigenvalue weighted by molar-refractivity contribution is 6.32. The van der Waals surface area contributed by atoms with E-state index >= 15 is 0 Å². The van der Waals surface area contributed by atoms with Crippen LogP contribution >= 0.6 is 11.6 Å². The predicted molar refractivity (Wildman–Crippen MR) is 66.2 cm³/mol. The molecule has 0 saturated carbocycles. The van der Waals surface area contributed by atoms with Crippen LogP contribution in [0.2, 0.25) is 5.02 Å². The molecule has 0 N–H and O–H groups in total. The Bertz CT molecular complexity index is 832.